The fraction of sp³-hybridized carbons (Fsp3) is 0.962. The predicted molar refractivity (Wildman–Crippen MR) is 128 cm³/mol. The molecule has 0 fully saturated rings. The van der Waals surface area contributed by atoms with Crippen LogP contribution in [0.15, 0.2) is 0 Å². The van der Waals surface area contributed by atoms with Gasteiger partial charge in [0.05, 0.1) is 6.54 Å². The first kappa shape index (κ1) is 44.5. The van der Waals surface area contributed by atoms with Crippen LogP contribution in [0.5, 0.6) is 0 Å². The molecule has 18 heteroatoms. The van der Waals surface area contributed by atoms with Crippen LogP contribution in [0.25, 0.3) is 0 Å². The molecule has 0 atom stereocenters. The minimum atomic E-state index is -8.50. The van der Waals surface area contributed by atoms with Crippen molar-refractivity contribution in [3.8, 4) is 0 Å². The molecule has 0 aromatic carbocycles. The van der Waals surface area contributed by atoms with E-state index in [-0.39, 0.29) is 0 Å². The van der Waals surface area contributed by atoms with Crippen LogP contribution in [-0.4, -0.2) is 54.2 Å². The third-order valence-electron chi connectivity index (χ3n) is 6.69. The Labute approximate surface area is 246 Å². The van der Waals surface area contributed by atoms with Gasteiger partial charge >= 0.3 is 41.7 Å². The minimum absolute atomic E-state index is 1.12. The molecule has 266 valence electrons. The Morgan fingerprint density at radius 3 is 0.955 bits per heavy atom. The average Bonchev–Trinajstić information content (AvgIpc) is 2.90. The van der Waals surface area contributed by atoms with Crippen LogP contribution in [0.4, 0.5) is 65.9 Å². The van der Waals surface area contributed by atoms with Gasteiger partial charge in [0.1, 0.15) is 5.97 Å². The van der Waals surface area contributed by atoms with Crippen LogP contribution in [0.3, 0.4) is 0 Å². The van der Waals surface area contributed by atoms with Crippen molar-refractivity contribution < 1.29 is 81.5 Å². The second-order valence-electron chi connectivity index (χ2n) is 10.4. The van der Waals surface area contributed by atoms with Crippen molar-refractivity contribution in [1.82, 2.24) is 0 Å². The lowest BCUT2D eigenvalue weighted by Gasteiger charge is -2.41. The lowest BCUT2D eigenvalue weighted by Crippen LogP contribution is -2.74. The molecular formula is C26H40F15NO2. The summed E-state index contributed by atoms with van der Waals surface area (Å²) in [6.07, 6.45) is 15.5. The highest BCUT2D eigenvalue weighted by Gasteiger charge is 2.93. The number of carbonyl (C=O) groups is 1. The highest BCUT2D eigenvalue weighted by atomic mass is 19.4. The maximum Gasteiger partial charge on any atom is 0.460 e. The second-order valence-corrected chi connectivity index (χ2v) is 10.4. The van der Waals surface area contributed by atoms with Gasteiger partial charge in [-0.1, -0.05) is 96.8 Å². The molecule has 3 N–H and O–H groups in total. The number of carboxylic acids is 1. The van der Waals surface area contributed by atoms with E-state index in [0.29, 0.717) is 0 Å². The quantitative estimate of drug-likeness (QED) is 0.0918. The van der Waals surface area contributed by atoms with Crippen LogP contribution in [0.2, 0.25) is 0 Å². The third kappa shape index (κ3) is 11.3. The molecule has 0 aromatic heterocycles. The van der Waals surface area contributed by atoms with Gasteiger partial charge in [0, 0.05) is 0 Å². The van der Waals surface area contributed by atoms with Gasteiger partial charge in [0.15, 0.2) is 0 Å². The fourth-order valence-electron chi connectivity index (χ4n) is 3.82. The normalized spacial score (nSPS) is 13.9. The average molecular weight is 684 g/mol. The van der Waals surface area contributed by atoms with Gasteiger partial charge in [-0.3, -0.25) is 0 Å². The molecule has 0 aliphatic rings. The Balaban J connectivity index is 0. The van der Waals surface area contributed by atoms with Crippen LogP contribution < -0.4 is 10.8 Å². The first-order valence-corrected chi connectivity index (χ1v) is 14.2. The molecule has 0 aliphatic carbocycles. The first-order valence-electron chi connectivity index (χ1n) is 14.2. The van der Waals surface area contributed by atoms with E-state index >= 15 is 0 Å². The summed E-state index contributed by atoms with van der Waals surface area (Å²) < 4.78 is 186. The molecule has 0 spiro atoms. The van der Waals surface area contributed by atoms with Crippen molar-refractivity contribution in [3.05, 3.63) is 0 Å². The summed E-state index contributed by atoms with van der Waals surface area (Å²) in [5.74, 6) is -53.3. The maximum atomic E-state index is 12.8. The standard InChI is InChI=1S/C18H39N.C8HF15O2/c1-2-3-4-5-6-7-8-9-10-11-12-13-14-15-16-17-18-19;9-2(10,1(24)25)3(11,12)4(13,14)5(15,16)6(17,18)7(19,20)8(21,22)23/h2-19H2,1H3;(H,24,25). The van der Waals surface area contributed by atoms with Gasteiger partial charge in [-0.05, 0) is 12.8 Å². The summed E-state index contributed by atoms with van der Waals surface area (Å²) in [5, 5.41) is 9.61. The summed E-state index contributed by atoms with van der Waals surface area (Å²) >= 11 is 0. The van der Waals surface area contributed by atoms with Crippen LogP contribution in [-0.2, 0) is 4.79 Å². The van der Waals surface area contributed by atoms with E-state index in [1.54, 1.807) is 0 Å². The molecule has 0 amide bonds. The monoisotopic (exact) mass is 683 g/mol. The number of rotatable bonds is 22. The predicted octanol–water partition coefficient (Wildman–Crippen LogP) is 8.60. The van der Waals surface area contributed by atoms with E-state index < -0.39 is 47.7 Å². The van der Waals surface area contributed by atoms with Crippen molar-refractivity contribution in [2.24, 2.45) is 0 Å². The highest BCUT2D eigenvalue weighted by Crippen LogP contribution is 2.62. The lowest BCUT2D eigenvalue weighted by molar-refractivity contribution is -0.454. The van der Waals surface area contributed by atoms with Crippen molar-refractivity contribution in [1.29, 1.82) is 0 Å². The van der Waals surface area contributed by atoms with Crippen molar-refractivity contribution in [2.75, 3.05) is 6.54 Å². The summed E-state index contributed by atoms with van der Waals surface area (Å²) in [4.78, 5) is 9.61. The molecule has 0 aromatic rings. The summed E-state index contributed by atoms with van der Waals surface area (Å²) in [6, 6.07) is 0. The van der Waals surface area contributed by atoms with Gasteiger partial charge < -0.3 is 15.6 Å². The number of halogens is 15. The number of unbranched alkanes of at least 4 members (excludes halogenated alkanes) is 15. The third-order valence-corrected chi connectivity index (χ3v) is 6.69. The molecule has 0 saturated heterocycles. The molecule has 0 unspecified atom stereocenters. The van der Waals surface area contributed by atoms with E-state index in [1.165, 1.54) is 103 Å². The summed E-state index contributed by atoms with van der Waals surface area (Å²) in [5.41, 5.74) is 3.89. The van der Waals surface area contributed by atoms with Crippen LogP contribution in [0.1, 0.15) is 110 Å². The number of hydrogen-bond donors (Lipinski definition) is 1. The number of aliphatic carboxylic acids is 1. The van der Waals surface area contributed by atoms with Gasteiger partial charge in [-0.2, -0.15) is 65.9 Å². The zero-order chi connectivity index (χ0) is 35.1. The Morgan fingerprint density at radius 1 is 0.455 bits per heavy atom. The Bertz CT molecular complexity index is 787. The molecule has 0 bridgehead atoms. The van der Waals surface area contributed by atoms with Crippen molar-refractivity contribution in [3.63, 3.8) is 0 Å². The van der Waals surface area contributed by atoms with Gasteiger partial charge in [0.2, 0.25) is 0 Å². The number of alkyl halides is 15. The van der Waals surface area contributed by atoms with E-state index in [9.17, 15) is 75.8 Å². The minimum Gasteiger partial charge on any atom is -0.544 e. The van der Waals surface area contributed by atoms with Gasteiger partial charge in [0.25, 0.3) is 0 Å². The summed E-state index contributed by atoms with van der Waals surface area (Å²) in [6.45, 7) is 3.42. The van der Waals surface area contributed by atoms with Gasteiger partial charge in [-0.15, -0.1) is 0 Å². The van der Waals surface area contributed by atoms with E-state index in [4.69, 9.17) is 0 Å². The molecule has 0 rings (SSSR count). The zero-order valence-electron chi connectivity index (χ0n) is 24.2. The Morgan fingerprint density at radius 2 is 0.705 bits per heavy atom. The molecule has 44 heavy (non-hydrogen) atoms. The molecule has 0 radical (unpaired) electrons. The first-order chi connectivity index (χ1) is 19.9. The Hall–Kier alpha value is -1.62. The largest absolute Gasteiger partial charge is 0.544 e. The van der Waals surface area contributed by atoms with Crippen LogP contribution in [0, 0.1) is 0 Å². The smallest absolute Gasteiger partial charge is 0.460 e. The Kier molecular flexibility index (Phi) is 18.7. The van der Waals surface area contributed by atoms with Crippen molar-refractivity contribution in [2.45, 2.75) is 151 Å². The topological polar surface area (TPSA) is 67.8 Å². The fourth-order valence-corrected chi connectivity index (χ4v) is 3.82. The molecule has 0 saturated carbocycles. The van der Waals surface area contributed by atoms with Gasteiger partial charge in [-0.25, -0.2) is 0 Å². The van der Waals surface area contributed by atoms with E-state index in [2.05, 4.69) is 12.7 Å². The van der Waals surface area contributed by atoms with Crippen molar-refractivity contribution >= 4 is 5.97 Å². The van der Waals surface area contributed by atoms with E-state index in [0.717, 1.165) is 6.54 Å². The number of hydrogen-bond acceptors (Lipinski definition) is 2. The van der Waals surface area contributed by atoms with Crippen LogP contribution >= 0.6 is 0 Å². The SMILES string of the molecule is CCCCCCCCCCCCCCCCCC[NH3+].O=C([O-])C(F)(F)C(F)(F)C(F)(F)C(F)(F)C(F)(F)C(F)(F)C(F)(F)F. The second kappa shape index (κ2) is 18.5. The lowest BCUT2D eigenvalue weighted by atomic mass is 9.91. The highest BCUT2D eigenvalue weighted by molar-refractivity contribution is 5.75. The molecule has 0 aliphatic heterocycles. The van der Waals surface area contributed by atoms with E-state index in [1.807, 2.05) is 0 Å². The molecular weight excluding hydrogens is 643 g/mol. The number of quaternary nitrogens is 1. The molecule has 3 nitrogen and oxygen atoms in total. The summed E-state index contributed by atoms with van der Waals surface area (Å²) in [7, 11) is 0. The zero-order valence-corrected chi connectivity index (χ0v) is 24.2. The number of carbonyl (C=O) groups excluding carboxylic acids is 1. The maximum absolute atomic E-state index is 12.8. The number of carboxylic acid groups (broad SMARTS) is 1. The molecule has 0 heterocycles.